The van der Waals surface area contributed by atoms with Crippen molar-refractivity contribution in [1.29, 1.82) is 5.26 Å². The highest BCUT2D eigenvalue weighted by Crippen LogP contribution is 2.24. The average molecular weight is 315 g/mol. The Kier molecular flexibility index (Phi) is 3.41. The fourth-order valence-electron chi connectivity index (χ4n) is 2.06. The minimum absolute atomic E-state index is 0.166. The molecule has 0 N–H and O–H groups in total. The fourth-order valence-corrected chi connectivity index (χ4v) is 4.19. The zero-order valence-electron chi connectivity index (χ0n) is 10.7. The minimum Gasteiger partial charge on any atom is -0.227 e. The lowest BCUT2D eigenvalue weighted by Gasteiger charge is -2.05. The second-order valence-corrected chi connectivity index (χ2v) is 7.25. The van der Waals surface area contributed by atoms with Crippen LogP contribution >= 0.6 is 11.5 Å². The molecule has 0 bridgehead atoms. The fraction of sp³-hybridized carbons (Fsp3) is 0.0714. The Morgan fingerprint density at radius 2 is 2.10 bits per heavy atom. The third kappa shape index (κ3) is 2.63. The van der Waals surface area contributed by atoms with Gasteiger partial charge < -0.3 is 0 Å². The number of nitrogens with zero attached hydrogens (tertiary/aromatic N) is 3. The van der Waals surface area contributed by atoms with Gasteiger partial charge in [0.1, 0.15) is 17.1 Å². The van der Waals surface area contributed by atoms with E-state index in [4.69, 9.17) is 5.26 Å². The summed E-state index contributed by atoms with van der Waals surface area (Å²) < 4.78 is 28.5. The summed E-state index contributed by atoms with van der Waals surface area (Å²) in [4.78, 5) is 4.12. The quantitative estimate of drug-likeness (QED) is 0.741. The van der Waals surface area contributed by atoms with E-state index >= 15 is 0 Å². The average Bonchev–Trinajstić information content (AvgIpc) is 2.98. The molecule has 104 valence electrons. The van der Waals surface area contributed by atoms with Crippen LogP contribution in [0.25, 0.3) is 10.8 Å². The molecule has 1 heterocycles. The Morgan fingerprint density at radius 1 is 1.24 bits per heavy atom. The van der Waals surface area contributed by atoms with E-state index < -0.39 is 9.84 Å². The standard InChI is InChI=1S/C14H9N3O2S2/c15-7-11-3-1-2-10-6-12(4-5-13(10)11)21(18,19)8-14-16-9-17-20-14/h1-6,9H,8H2. The van der Waals surface area contributed by atoms with Crippen molar-refractivity contribution in [2.24, 2.45) is 0 Å². The summed E-state index contributed by atoms with van der Waals surface area (Å²) in [7, 11) is -3.47. The molecule has 3 aromatic rings. The van der Waals surface area contributed by atoms with Crippen LogP contribution < -0.4 is 0 Å². The zero-order valence-corrected chi connectivity index (χ0v) is 12.4. The van der Waals surface area contributed by atoms with E-state index in [1.54, 1.807) is 30.3 Å². The molecule has 3 rings (SSSR count). The maximum atomic E-state index is 12.4. The number of sulfone groups is 1. The first-order valence-corrected chi connectivity index (χ1v) is 8.44. The van der Waals surface area contributed by atoms with Gasteiger partial charge in [-0.2, -0.15) is 9.64 Å². The summed E-state index contributed by atoms with van der Waals surface area (Å²) in [5.41, 5.74) is 0.528. The number of nitriles is 1. The van der Waals surface area contributed by atoms with E-state index in [1.165, 1.54) is 12.4 Å². The summed E-state index contributed by atoms with van der Waals surface area (Å²) in [6, 6.07) is 12.1. The number of fused-ring (bicyclic) bond motifs is 1. The minimum atomic E-state index is -3.47. The van der Waals surface area contributed by atoms with Crippen LogP contribution in [-0.2, 0) is 15.6 Å². The first kappa shape index (κ1) is 13.7. The molecular formula is C14H9N3O2S2. The van der Waals surface area contributed by atoms with Crippen molar-refractivity contribution in [3.05, 3.63) is 53.3 Å². The van der Waals surface area contributed by atoms with Gasteiger partial charge in [0.2, 0.25) is 0 Å². The maximum absolute atomic E-state index is 12.4. The van der Waals surface area contributed by atoms with Crippen LogP contribution in [0.2, 0.25) is 0 Å². The van der Waals surface area contributed by atoms with Crippen LogP contribution in [0.4, 0.5) is 0 Å². The van der Waals surface area contributed by atoms with Gasteiger partial charge in [0, 0.05) is 0 Å². The van der Waals surface area contributed by atoms with Crippen LogP contribution in [0.15, 0.2) is 47.6 Å². The molecule has 0 fully saturated rings. The van der Waals surface area contributed by atoms with Crippen molar-refractivity contribution in [3.63, 3.8) is 0 Å². The SMILES string of the molecule is N#Cc1cccc2cc(S(=O)(=O)Cc3ncns3)ccc12. The molecule has 7 heteroatoms. The molecule has 0 amide bonds. The number of aromatic nitrogens is 2. The van der Waals surface area contributed by atoms with Crippen molar-refractivity contribution in [1.82, 2.24) is 9.36 Å². The number of hydrogen-bond donors (Lipinski definition) is 0. The van der Waals surface area contributed by atoms with Gasteiger partial charge in [-0.1, -0.05) is 18.2 Å². The monoisotopic (exact) mass is 315 g/mol. The molecule has 0 saturated heterocycles. The molecule has 0 saturated carbocycles. The van der Waals surface area contributed by atoms with Gasteiger partial charge in [0.05, 0.1) is 16.5 Å². The second-order valence-electron chi connectivity index (χ2n) is 4.39. The van der Waals surface area contributed by atoms with Crippen molar-refractivity contribution >= 4 is 32.1 Å². The molecule has 0 aliphatic rings. The van der Waals surface area contributed by atoms with Crippen LogP contribution in [0, 0.1) is 11.3 Å². The summed E-state index contributed by atoms with van der Waals surface area (Å²) in [6.07, 6.45) is 1.34. The van der Waals surface area contributed by atoms with Crippen LogP contribution in [0.5, 0.6) is 0 Å². The topological polar surface area (TPSA) is 83.7 Å². The Bertz CT molecular complexity index is 942. The highest BCUT2D eigenvalue weighted by molar-refractivity contribution is 7.90. The van der Waals surface area contributed by atoms with Crippen molar-refractivity contribution in [2.45, 2.75) is 10.6 Å². The van der Waals surface area contributed by atoms with E-state index in [0.29, 0.717) is 10.6 Å². The summed E-state index contributed by atoms with van der Waals surface area (Å²) in [5.74, 6) is -0.166. The lowest BCUT2D eigenvalue weighted by Crippen LogP contribution is -2.04. The third-order valence-electron chi connectivity index (χ3n) is 3.05. The van der Waals surface area contributed by atoms with E-state index in [0.717, 1.165) is 22.3 Å². The summed E-state index contributed by atoms with van der Waals surface area (Å²) >= 11 is 1.07. The molecule has 0 radical (unpaired) electrons. The normalized spacial score (nSPS) is 11.4. The first-order valence-electron chi connectivity index (χ1n) is 6.01. The lowest BCUT2D eigenvalue weighted by molar-refractivity contribution is 0.595. The number of rotatable bonds is 3. The molecule has 0 aliphatic heterocycles. The smallest absolute Gasteiger partial charge is 0.184 e. The number of benzene rings is 2. The highest BCUT2D eigenvalue weighted by Gasteiger charge is 2.18. The predicted molar refractivity (Wildman–Crippen MR) is 79.5 cm³/mol. The van der Waals surface area contributed by atoms with Gasteiger partial charge >= 0.3 is 0 Å². The van der Waals surface area contributed by atoms with Crippen LogP contribution in [0.1, 0.15) is 10.6 Å². The van der Waals surface area contributed by atoms with Crippen LogP contribution in [0.3, 0.4) is 0 Å². The lowest BCUT2D eigenvalue weighted by atomic mass is 10.1. The Labute approximate surface area is 125 Å². The molecular weight excluding hydrogens is 306 g/mol. The van der Waals surface area contributed by atoms with Gasteiger partial charge in [0.25, 0.3) is 0 Å². The molecule has 0 unspecified atom stereocenters. The van der Waals surface area contributed by atoms with Crippen molar-refractivity contribution < 1.29 is 8.42 Å². The molecule has 0 aliphatic carbocycles. The zero-order chi connectivity index (χ0) is 14.9. The van der Waals surface area contributed by atoms with Crippen LogP contribution in [-0.4, -0.2) is 17.8 Å². The molecule has 2 aromatic carbocycles. The Morgan fingerprint density at radius 3 is 2.81 bits per heavy atom. The maximum Gasteiger partial charge on any atom is 0.184 e. The van der Waals surface area contributed by atoms with E-state index in [2.05, 4.69) is 15.4 Å². The van der Waals surface area contributed by atoms with Gasteiger partial charge in [-0.3, -0.25) is 0 Å². The van der Waals surface area contributed by atoms with Crippen molar-refractivity contribution in [2.75, 3.05) is 0 Å². The predicted octanol–water partition coefficient (Wildman–Crippen LogP) is 2.54. The van der Waals surface area contributed by atoms with E-state index in [1.807, 2.05) is 0 Å². The molecule has 21 heavy (non-hydrogen) atoms. The largest absolute Gasteiger partial charge is 0.227 e. The Hall–Kier alpha value is -2.30. The van der Waals surface area contributed by atoms with E-state index in [-0.39, 0.29) is 10.6 Å². The highest BCUT2D eigenvalue weighted by atomic mass is 32.2. The second kappa shape index (κ2) is 5.24. The Balaban J connectivity index is 2.07. The van der Waals surface area contributed by atoms with Gasteiger partial charge in [-0.15, -0.1) is 0 Å². The van der Waals surface area contributed by atoms with Gasteiger partial charge in [0.15, 0.2) is 9.84 Å². The number of hydrogen-bond acceptors (Lipinski definition) is 6. The van der Waals surface area contributed by atoms with Crippen molar-refractivity contribution in [3.8, 4) is 6.07 Å². The molecule has 0 atom stereocenters. The van der Waals surface area contributed by atoms with Gasteiger partial charge in [-0.25, -0.2) is 13.4 Å². The molecule has 5 nitrogen and oxygen atoms in total. The summed E-state index contributed by atoms with van der Waals surface area (Å²) in [6.45, 7) is 0. The summed E-state index contributed by atoms with van der Waals surface area (Å²) in [5, 5.41) is 11.0. The molecule has 1 aromatic heterocycles. The van der Waals surface area contributed by atoms with E-state index in [9.17, 15) is 8.42 Å². The molecule has 0 spiro atoms. The first-order chi connectivity index (χ1) is 10.1. The van der Waals surface area contributed by atoms with Gasteiger partial charge in [-0.05, 0) is 40.5 Å². The third-order valence-corrected chi connectivity index (χ3v) is 5.52.